The number of pyridine rings is 1. The second kappa shape index (κ2) is 12.2. The number of sulfonamides is 1. The SMILES string of the molecule is CCN1CCN(S(=O)(=O)c2cnc(OC(CCOC)OC)c(C(=O)O)c2)CC1.[H-].[Na+]. The zero-order chi connectivity index (χ0) is 20.7. The molecule has 1 N–H and O–H groups in total. The molecule has 0 aromatic carbocycles. The van der Waals surface area contributed by atoms with Crippen molar-refractivity contribution in [3.05, 3.63) is 17.8 Å². The molecule has 1 atom stereocenters. The predicted octanol–water partition coefficient (Wildman–Crippen LogP) is -2.39. The van der Waals surface area contributed by atoms with Gasteiger partial charge in [-0.05, 0) is 12.6 Å². The summed E-state index contributed by atoms with van der Waals surface area (Å²) >= 11 is 0. The van der Waals surface area contributed by atoms with Gasteiger partial charge in [-0.3, -0.25) is 0 Å². The normalized spacial score (nSPS) is 16.8. The molecular formula is C17H28N3NaO7S. The van der Waals surface area contributed by atoms with Gasteiger partial charge in [-0.1, -0.05) is 6.92 Å². The first kappa shape index (κ1) is 26.2. The number of carbonyl (C=O) groups is 1. The molecule has 0 radical (unpaired) electrons. The third-order valence-electron chi connectivity index (χ3n) is 4.54. The van der Waals surface area contributed by atoms with Crippen molar-refractivity contribution in [1.82, 2.24) is 14.2 Å². The van der Waals surface area contributed by atoms with E-state index in [4.69, 9.17) is 14.2 Å². The van der Waals surface area contributed by atoms with Crippen molar-refractivity contribution in [1.29, 1.82) is 0 Å². The molecule has 2 rings (SSSR count). The van der Waals surface area contributed by atoms with Crippen LogP contribution in [0.3, 0.4) is 0 Å². The maximum atomic E-state index is 12.9. The summed E-state index contributed by atoms with van der Waals surface area (Å²) < 4.78 is 42.7. The zero-order valence-electron chi connectivity index (χ0n) is 18.3. The van der Waals surface area contributed by atoms with Crippen molar-refractivity contribution in [2.24, 2.45) is 0 Å². The second-order valence-electron chi connectivity index (χ2n) is 6.23. The van der Waals surface area contributed by atoms with Gasteiger partial charge in [-0.15, -0.1) is 0 Å². The number of methoxy groups -OCH3 is 2. The number of ether oxygens (including phenoxy) is 3. The molecule has 1 aromatic rings. The van der Waals surface area contributed by atoms with Crippen LogP contribution in [-0.4, -0.2) is 93.5 Å². The van der Waals surface area contributed by atoms with Crippen molar-refractivity contribution in [2.75, 3.05) is 53.6 Å². The molecule has 1 saturated heterocycles. The van der Waals surface area contributed by atoms with Gasteiger partial charge in [-0.2, -0.15) is 4.31 Å². The summed E-state index contributed by atoms with van der Waals surface area (Å²) in [6.07, 6.45) is 0.706. The van der Waals surface area contributed by atoms with Gasteiger partial charge in [0, 0.05) is 46.8 Å². The van der Waals surface area contributed by atoms with Gasteiger partial charge in [0.05, 0.1) is 12.8 Å². The first-order valence-corrected chi connectivity index (χ1v) is 10.4. The van der Waals surface area contributed by atoms with Crippen LogP contribution in [0.4, 0.5) is 0 Å². The third kappa shape index (κ3) is 6.86. The van der Waals surface area contributed by atoms with E-state index in [2.05, 4.69) is 9.88 Å². The largest absolute Gasteiger partial charge is 1.00 e. The molecule has 0 amide bonds. The second-order valence-corrected chi connectivity index (χ2v) is 8.17. The van der Waals surface area contributed by atoms with Gasteiger partial charge in [0.25, 0.3) is 0 Å². The first-order chi connectivity index (χ1) is 13.3. The van der Waals surface area contributed by atoms with Crippen LogP contribution in [0.1, 0.15) is 25.1 Å². The van der Waals surface area contributed by atoms with Crippen molar-refractivity contribution < 1.29 is 63.5 Å². The summed E-state index contributed by atoms with van der Waals surface area (Å²) in [4.78, 5) is 17.6. The van der Waals surface area contributed by atoms with Crippen LogP contribution in [0.2, 0.25) is 0 Å². The Hall–Kier alpha value is -0.790. The smallest absolute Gasteiger partial charge is 1.00 e. The van der Waals surface area contributed by atoms with Crippen LogP contribution in [-0.2, 0) is 19.5 Å². The minimum absolute atomic E-state index is 0. The molecule has 1 aromatic heterocycles. The van der Waals surface area contributed by atoms with Crippen LogP contribution < -0.4 is 34.3 Å². The van der Waals surface area contributed by atoms with Gasteiger partial charge < -0.3 is 25.6 Å². The Kier molecular flexibility index (Phi) is 11.0. The molecular weight excluding hydrogens is 413 g/mol. The molecule has 1 aliphatic rings. The molecule has 0 spiro atoms. The van der Waals surface area contributed by atoms with E-state index < -0.39 is 22.3 Å². The molecule has 0 aliphatic carbocycles. The van der Waals surface area contributed by atoms with E-state index in [0.29, 0.717) is 39.2 Å². The van der Waals surface area contributed by atoms with Gasteiger partial charge in [-0.25, -0.2) is 18.2 Å². The summed E-state index contributed by atoms with van der Waals surface area (Å²) in [6, 6.07) is 1.08. The Labute approximate surface area is 194 Å². The summed E-state index contributed by atoms with van der Waals surface area (Å²) in [5, 5.41) is 9.49. The van der Waals surface area contributed by atoms with Gasteiger partial charge in [0.1, 0.15) is 10.5 Å². The van der Waals surface area contributed by atoms with Gasteiger partial charge in [0.2, 0.25) is 22.2 Å². The summed E-state index contributed by atoms with van der Waals surface area (Å²) in [5.41, 5.74) is -0.340. The molecule has 0 bridgehead atoms. The summed E-state index contributed by atoms with van der Waals surface area (Å²) in [5.74, 6) is -1.54. The topological polar surface area (TPSA) is 119 Å². The van der Waals surface area contributed by atoms with E-state index in [1.807, 2.05) is 6.92 Å². The monoisotopic (exact) mass is 441 g/mol. The average molecular weight is 441 g/mol. The Morgan fingerprint density at radius 1 is 1.31 bits per heavy atom. The Balaban J connectivity index is 0.00000420. The quantitative estimate of drug-likeness (QED) is 0.313. The Morgan fingerprint density at radius 2 is 1.97 bits per heavy atom. The maximum Gasteiger partial charge on any atom is 1.00 e. The number of hydrogen-bond donors (Lipinski definition) is 1. The first-order valence-electron chi connectivity index (χ1n) is 8.97. The van der Waals surface area contributed by atoms with Crippen LogP contribution in [0.15, 0.2) is 17.2 Å². The van der Waals surface area contributed by atoms with Crippen LogP contribution >= 0.6 is 0 Å². The number of rotatable bonds is 10. The van der Waals surface area contributed by atoms with Gasteiger partial charge >= 0.3 is 35.5 Å². The van der Waals surface area contributed by atoms with Gasteiger partial charge in [0.15, 0.2) is 0 Å². The molecule has 160 valence electrons. The standard InChI is InChI=1S/C17H27N3O7S.Na.H/c1-4-19-6-8-20(9-7-19)28(23,24)13-11-14(17(21)22)16(18-12-13)27-15(26-3)5-10-25-2;;/h11-12,15H,4-10H2,1-3H3,(H,21,22);;/q;+1;-1. The van der Waals surface area contributed by atoms with Crippen molar-refractivity contribution in [2.45, 2.75) is 24.5 Å². The number of carboxylic acids is 1. The Morgan fingerprint density at radius 3 is 2.48 bits per heavy atom. The number of aromatic nitrogens is 1. The van der Waals surface area contributed by atoms with E-state index in [1.54, 1.807) is 0 Å². The molecule has 12 heteroatoms. The molecule has 29 heavy (non-hydrogen) atoms. The molecule has 1 unspecified atom stereocenters. The number of aromatic carboxylic acids is 1. The van der Waals surface area contributed by atoms with E-state index in [0.717, 1.165) is 18.8 Å². The average Bonchev–Trinajstić information content (AvgIpc) is 2.70. The molecule has 2 heterocycles. The number of likely N-dealkylation sites (N-methyl/N-ethyl adjacent to an activating group) is 1. The number of piperazine rings is 1. The van der Waals surface area contributed by atoms with Crippen molar-refractivity contribution in [3.8, 4) is 5.88 Å². The molecule has 10 nitrogen and oxygen atoms in total. The van der Waals surface area contributed by atoms with Crippen molar-refractivity contribution >= 4 is 16.0 Å². The minimum Gasteiger partial charge on any atom is -1.00 e. The maximum absolute atomic E-state index is 12.9. The minimum atomic E-state index is -3.84. The number of hydrogen-bond acceptors (Lipinski definition) is 8. The van der Waals surface area contributed by atoms with Crippen LogP contribution in [0, 0.1) is 0 Å². The molecule has 1 aliphatic heterocycles. The van der Waals surface area contributed by atoms with E-state index in [-0.39, 0.29) is 47.3 Å². The molecule has 1 fully saturated rings. The van der Waals surface area contributed by atoms with Crippen molar-refractivity contribution in [3.63, 3.8) is 0 Å². The third-order valence-corrected chi connectivity index (χ3v) is 6.40. The zero-order valence-corrected chi connectivity index (χ0v) is 20.1. The predicted molar refractivity (Wildman–Crippen MR) is 101 cm³/mol. The summed E-state index contributed by atoms with van der Waals surface area (Å²) in [6.45, 7) is 5.17. The fourth-order valence-corrected chi connectivity index (χ4v) is 4.21. The van der Waals surface area contributed by atoms with E-state index in [1.165, 1.54) is 18.5 Å². The molecule has 0 saturated carbocycles. The van der Waals surface area contributed by atoms with Crippen LogP contribution in [0.25, 0.3) is 0 Å². The number of carboxylic acid groups (broad SMARTS) is 1. The fourth-order valence-electron chi connectivity index (χ4n) is 2.82. The number of nitrogens with zero attached hydrogens (tertiary/aromatic N) is 3. The Bertz CT molecular complexity index is 777. The fraction of sp³-hybridized carbons (Fsp3) is 0.647. The van der Waals surface area contributed by atoms with Crippen LogP contribution in [0.5, 0.6) is 5.88 Å². The summed E-state index contributed by atoms with van der Waals surface area (Å²) in [7, 11) is -0.907. The van der Waals surface area contributed by atoms with E-state index >= 15 is 0 Å². The van der Waals surface area contributed by atoms with E-state index in [9.17, 15) is 18.3 Å².